The molecule has 84 valence electrons. The van der Waals surface area contributed by atoms with Crippen LogP contribution in [0.2, 0.25) is 0 Å². The molecule has 2 aromatic rings. The molecular formula is C10H8F3N3. The molecule has 0 aliphatic carbocycles. The van der Waals surface area contributed by atoms with Gasteiger partial charge in [-0.2, -0.15) is 13.2 Å². The van der Waals surface area contributed by atoms with Gasteiger partial charge in [-0.05, 0) is 11.6 Å². The molecule has 0 aliphatic rings. The van der Waals surface area contributed by atoms with E-state index in [-0.39, 0.29) is 0 Å². The van der Waals surface area contributed by atoms with Gasteiger partial charge >= 0.3 is 6.18 Å². The van der Waals surface area contributed by atoms with Gasteiger partial charge in [-0.15, -0.1) is 0 Å². The maximum atomic E-state index is 12.4. The number of halogens is 3. The Morgan fingerprint density at radius 2 is 2.00 bits per heavy atom. The first kappa shape index (κ1) is 10.7. The van der Waals surface area contributed by atoms with Crippen LogP contribution >= 0.6 is 0 Å². The van der Waals surface area contributed by atoms with Crippen LogP contribution < -0.4 is 0 Å². The van der Waals surface area contributed by atoms with Crippen LogP contribution in [-0.2, 0) is 12.7 Å². The number of hydrogen-bond donors (Lipinski definition) is 0. The molecule has 0 aliphatic heterocycles. The zero-order valence-corrected chi connectivity index (χ0v) is 8.15. The maximum Gasteiger partial charge on any atom is 0.417 e. The largest absolute Gasteiger partial charge is 0.417 e. The number of hydrogen-bond acceptors (Lipinski definition) is 2. The summed E-state index contributed by atoms with van der Waals surface area (Å²) in [6.45, 7) is 0.330. The van der Waals surface area contributed by atoms with Gasteiger partial charge in [0.1, 0.15) is 0 Å². The second-order valence-electron chi connectivity index (χ2n) is 3.31. The van der Waals surface area contributed by atoms with Crippen molar-refractivity contribution in [2.75, 3.05) is 0 Å². The number of pyridine rings is 1. The molecule has 2 rings (SSSR count). The Hall–Kier alpha value is -1.85. The fraction of sp³-hybridized carbons (Fsp3) is 0.200. The standard InChI is InChI=1S/C10H8F3N3/c11-10(12,13)9-3-8(4-15-5-9)6-16-2-1-14-7-16/h1-5,7H,6H2. The van der Waals surface area contributed by atoms with Crippen LogP contribution in [0, 0.1) is 0 Å². The number of rotatable bonds is 2. The first-order valence-corrected chi connectivity index (χ1v) is 4.52. The Morgan fingerprint density at radius 3 is 2.62 bits per heavy atom. The smallest absolute Gasteiger partial charge is 0.333 e. The van der Waals surface area contributed by atoms with Gasteiger partial charge in [-0.3, -0.25) is 4.98 Å². The Bertz CT molecular complexity index is 462. The molecule has 2 heterocycles. The Kier molecular flexibility index (Phi) is 2.64. The highest BCUT2D eigenvalue weighted by Crippen LogP contribution is 2.28. The van der Waals surface area contributed by atoms with E-state index in [1.54, 1.807) is 23.3 Å². The van der Waals surface area contributed by atoms with Gasteiger partial charge in [0.05, 0.1) is 18.4 Å². The third-order valence-corrected chi connectivity index (χ3v) is 2.05. The molecule has 0 bridgehead atoms. The van der Waals surface area contributed by atoms with Gasteiger partial charge < -0.3 is 4.57 Å². The first-order valence-electron chi connectivity index (χ1n) is 4.52. The SMILES string of the molecule is FC(F)(F)c1cncc(Cn2ccnc2)c1. The van der Waals surface area contributed by atoms with Crippen LogP contribution in [0.1, 0.15) is 11.1 Å². The molecule has 0 unspecified atom stereocenters. The van der Waals surface area contributed by atoms with E-state index in [2.05, 4.69) is 9.97 Å². The van der Waals surface area contributed by atoms with Crippen LogP contribution in [0.15, 0.2) is 37.2 Å². The quantitative estimate of drug-likeness (QED) is 0.788. The maximum absolute atomic E-state index is 12.4. The predicted octanol–water partition coefficient (Wildman–Crippen LogP) is 2.35. The van der Waals surface area contributed by atoms with Crippen LogP contribution in [0.3, 0.4) is 0 Å². The summed E-state index contributed by atoms with van der Waals surface area (Å²) in [7, 11) is 0. The van der Waals surface area contributed by atoms with Crippen molar-refractivity contribution in [3.05, 3.63) is 48.3 Å². The highest BCUT2D eigenvalue weighted by molar-refractivity contribution is 5.20. The minimum Gasteiger partial charge on any atom is -0.333 e. The zero-order valence-electron chi connectivity index (χ0n) is 8.15. The minimum absolute atomic E-state index is 0.330. The minimum atomic E-state index is -4.35. The fourth-order valence-corrected chi connectivity index (χ4v) is 1.32. The molecule has 0 spiro atoms. The molecule has 0 fully saturated rings. The van der Waals surface area contributed by atoms with Crippen molar-refractivity contribution in [3.8, 4) is 0 Å². The molecule has 3 nitrogen and oxygen atoms in total. The highest BCUT2D eigenvalue weighted by atomic mass is 19.4. The van der Waals surface area contributed by atoms with E-state index in [0.717, 1.165) is 12.3 Å². The Balaban J connectivity index is 2.23. The van der Waals surface area contributed by atoms with Gasteiger partial charge in [0.2, 0.25) is 0 Å². The van der Waals surface area contributed by atoms with Crippen molar-refractivity contribution in [1.82, 2.24) is 14.5 Å². The third-order valence-electron chi connectivity index (χ3n) is 2.05. The van der Waals surface area contributed by atoms with Gasteiger partial charge in [-0.1, -0.05) is 0 Å². The molecule has 2 aromatic heterocycles. The summed E-state index contributed by atoms with van der Waals surface area (Å²) in [5, 5.41) is 0. The van der Waals surface area contributed by atoms with Crippen molar-refractivity contribution in [1.29, 1.82) is 0 Å². The summed E-state index contributed by atoms with van der Waals surface area (Å²) < 4.78 is 38.8. The van der Waals surface area contributed by atoms with Crippen molar-refractivity contribution < 1.29 is 13.2 Å². The van der Waals surface area contributed by atoms with Crippen molar-refractivity contribution >= 4 is 0 Å². The monoisotopic (exact) mass is 227 g/mol. The summed E-state index contributed by atoms with van der Waals surface area (Å²) in [6, 6.07) is 1.09. The van der Waals surface area contributed by atoms with Crippen LogP contribution in [0.25, 0.3) is 0 Å². The lowest BCUT2D eigenvalue weighted by molar-refractivity contribution is -0.137. The highest BCUT2D eigenvalue weighted by Gasteiger charge is 2.30. The van der Waals surface area contributed by atoms with Crippen LogP contribution in [-0.4, -0.2) is 14.5 Å². The molecule has 0 amide bonds. The lowest BCUT2D eigenvalue weighted by Gasteiger charge is -2.08. The van der Waals surface area contributed by atoms with Crippen LogP contribution in [0.4, 0.5) is 13.2 Å². The second kappa shape index (κ2) is 3.96. The summed E-state index contributed by atoms with van der Waals surface area (Å²) in [4.78, 5) is 7.39. The molecule has 0 aromatic carbocycles. The first-order chi connectivity index (χ1) is 7.55. The Morgan fingerprint density at radius 1 is 1.19 bits per heavy atom. The van der Waals surface area contributed by atoms with Gasteiger partial charge in [0, 0.05) is 24.8 Å². The number of aromatic nitrogens is 3. The molecule has 6 heteroatoms. The zero-order chi connectivity index (χ0) is 11.6. The van der Waals surface area contributed by atoms with E-state index in [0.29, 0.717) is 12.1 Å². The lowest BCUT2D eigenvalue weighted by atomic mass is 10.2. The Labute approximate surface area is 89.6 Å². The summed E-state index contributed by atoms with van der Waals surface area (Å²) in [5.41, 5.74) is -0.238. The molecule has 16 heavy (non-hydrogen) atoms. The van der Waals surface area contributed by atoms with Gasteiger partial charge in [0.15, 0.2) is 0 Å². The average molecular weight is 227 g/mol. The van der Waals surface area contributed by atoms with E-state index in [1.807, 2.05) is 0 Å². The average Bonchev–Trinajstić information content (AvgIpc) is 2.70. The molecule has 0 saturated carbocycles. The summed E-state index contributed by atoms with van der Waals surface area (Å²) >= 11 is 0. The number of imidazole rings is 1. The summed E-state index contributed by atoms with van der Waals surface area (Å²) in [5.74, 6) is 0. The normalized spacial score (nSPS) is 11.7. The van der Waals surface area contributed by atoms with E-state index in [4.69, 9.17) is 0 Å². The lowest BCUT2D eigenvalue weighted by Crippen LogP contribution is -2.07. The van der Waals surface area contributed by atoms with Gasteiger partial charge in [-0.25, -0.2) is 4.98 Å². The number of nitrogens with zero attached hydrogens (tertiary/aromatic N) is 3. The van der Waals surface area contributed by atoms with Crippen molar-refractivity contribution in [3.63, 3.8) is 0 Å². The molecule has 0 saturated heterocycles. The third kappa shape index (κ3) is 2.39. The van der Waals surface area contributed by atoms with Crippen molar-refractivity contribution in [2.45, 2.75) is 12.7 Å². The van der Waals surface area contributed by atoms with E-state index < -0.39 is 11.7 Å². The fourth-order valence-electron chi connectivity index (χ4n) is 1.32. The number of alkyl halides is 3. The van der Waals surface area contributed by atoms with Crippen LogP contribution in [0.5, 0.6) is 0 Å². The van der Waals surface area contributed by atoms with E-state index >= 15 is 0 Å². The molecule has 0 radical (unpaired) electrons. The predicted molar refractivity (Wildman–Crippen MR) is 50.6 cm³/mol. The van der Waals surface area contributed by atoms with E-state index in [9.17, 15) is 13.2 Å². The molecule has 0 atom stereocenters. The second-order valence-corrected chi connectivity index (χ2v) is 3.31. The van der Waals surface area contributed by atoms with Gasteiger partial charge in [0.25, 0.3) is 0 Å². The topological polar surface area (TPSA) is 30.7 Å². The van der Waals surface area contributed by atoms with E-state index in [1.165, 1.54) is 6.20 Å². The summed E-state index contributed by atoms with van der Waals surface area (Å²) in [6.07, 6.45) is 2.67. The van der Waals surface area contributed by atoms with Crippen molar-refractivity contribution in [2.24, 2.45) is 0 Å². The molecule has 0 N–H and O–H groups in total. The molecular weight excluding hydrogens is 219 g/mol.